The molecule has 3 nitrogen and oxygen atoms in total. The molecule has 13 heavy (non-hydrogen) atoms. The Kier molecular flexibility index (Phi) is 4.99. The lowest BCUT2D eigenvalue weighted by Gasteiger charge is -2.25. The lowest BCUT2D eigenvalue weighted by atomic mass is 9.89. The maximum atomic E-state index is 11.6. The highest BCUT2D eigenvalue weighted by Crippen LogP contribution is 2.18. The minimum Gasteiger partial charge on any atom is -0.346 e. The zero-order valence-electron chi connectivity index (χ0n) is 9.26. The van der Waals surface area contributed by atoms with Crippen molar-refractivity contribution in [3.63, 3.8) is 0 Å². The number of carbonyl (C=O) groups is 1. The first kappa shape index (κ1) is 12.4. The van der Waals surface area contributed by atoms with E-state index in [1.54, 1.807) is 4.90 Å². The standard InChI is InChI=1S/C10H22N2O/c1-5-6-12(4)9(13)7-10(2,3)8-11/h5-8,11H2,1-4H3. The highest BCUT2D eigenvalue weighted by molar-refractivity contribution is 5.76. The first-order valence-corrected chi connectivity index (χ1v) is 4.87. The Morgan fingerprint density at radius 2 is 2.00 bits per heavy atom. The van der Waals surface area contributed by atoms with Crippen LogP contribution in [0.15, 0.2) is 0 Å². The molecule has 0 unspecified atom stereocenters. The van der Waals surface area contributed by atoms with Gasteiger partial charge in [-0.25, -0.2) is 0 Å². The van der Waals surface area contributed by atoms with Gasteiger partial charge in [-0.3, -0.25) is 4.79 Å². The van der Waals surface area contributed by atoms with E-state index in [1.165, 1.54) is 0 Å². The molecule has 0 bridgehead atoms. The van der Waals surface area contributed by atoms with Crippen LogP contribution >= 0.6 is 0 Å². The molecule has 0 fully saturated rings. The van der Waals surface area contributed by atoms with Gasteiger partial charge in [0, 0.05) is 20.0 Å². The zero-order chi connectivity index (χ0) is 10.5. The molecule has 0 rings (SSSR count). The first-order chi connectivity index (χ1) is 5.93. The average Bonchev–Trinajstić information content (AvgIpc) is 2.04. The fourth-order valence-electron chi connectivity index (χ4n) is 1.08. The molecular formula is C10H22N2O. The van der Waals surface area contributed by atoms with Gasteiger partial charge in [-0.2, -0.15) is 0 Å². The molecule has 0 aliphatic heterocycles. The minimum absolute atomic E-state index is 0.0704. The molecular weight excluding hydrogens is 164 g/mol. The van der Waals surface area contributed by atoms with Gasteiger partial charge < -0.3 is 10.6 Å². The summed E-state index contributed by atoms with van der Waals surface area (Å²) in [5, 5.41) is 0. The normalized spacial score (nSPS) is 11.5. The molecule has 2 N–H and O–H groups in total. The van der Waals surface area contributed by atoms with E-state index >= 15 is 0 Å². The number of rotatable bonds is 5. The topological polar surface area (TPSA) is 46.3 Å². The molecule has 0 saturated heterocycles. The van der Waals surface area contributed by atoms with E-state index < -0.39 is 0 Å². The number of hydrogen-bond donors (Lipinski definition) is 1. The van der Waals surface area contributed by atoms with Crippen molar-refractivity contribution in [2.24, 2.45) is 11.1 Å². The molecule has 0 aromatic carbocycles. The molecule has 0 atom stereocenters. The Hall–Kier alpha value is -0.570. The molecule has 0 heterocycles. The Labute approximate surface area is 81.3 Å². The van der Waals surface area contributed by atoms with Crippen LogP contribution in [0, 0.1) is 5.41 Å². The number of amides is 1. The SMILES string of the molecule is CCCN(C)C(=O)CC(C)(C)CN. The van der Waals surface area contributed by atoms with Crippen molar-refractivity contribution in [1.29, 1.82) is 0 Å². The second-order valence-corrected chi connectivity index (χ2v) is 4.36. The molecule has 78 valence electrons. The van der Waals surface area contributed by atoms with Crippen LogP contribution in [0.1, 0.15) is 33.6 Å². The van der Waals surface area contributed by atoms with E-state index in [1.807, 2.05) is 20.9 Å². The first-order valence-electron chi connectivity index (χ1n) is 4.87. The van der Waals surface area contributed by atoms with E-state index in [2.05, 4.69) is 6.92 Å². The third-order valence-electron chi connectivity index (χ3n) is 2.17. The van der Waals surface area contributed by atoms with Crippen LogP contribution in [-0.4, -0.2) is 30.9 Å². The molecule has 0 aromatic rings. The quantitative estimate of drug-likeness (QED) is 0.702. The van der Waals surface area contributed by atoms with Crippen molar-refractivity contribution in [2.75, 3.05) is 20.1 Å². The van der Waals surface area contributed by atoms with Crippen LogP contribution in [-0.2, 0) is 4.79 Å². The van der Waals surface area contributed by atoms with Gasteiger partial charge in [0.05, 0.1) is 0 Å². The van der Waals surface area contributed by atoms with Gasteiger partial charge in [0.15, 0.2) is 0 Å². The second-order valence-electron chi connectivity index (χ2n) is 4.36. The van der Waals surface area contributed by atoms with Gasteiger partial charge in [0.2, 0.25) is 5.91 Å². The summed E-state index contributed by atoms with van der Waals surface area (Å²) in [6.07, 6.45) is 1.55. The maximum absolute atomic E-state index is 11.6. The molecule has 0 aliphatic rings. The van der Waals surface area contributed by atoms with Gasteiger partial charge in [0.25, 0.3) is 0 Å². The molecule has 0 spiro atoms. The minimum atomic E-state index is -0.0704. The molecule has 0 aliphatic carbocycles. The fraction of sp³-hybridized carbons (Fsp3) is 0.900. The predicted octanol–water partition coefficient (Wildman–Crippen LogP) is 1.23. The van der Waals surface area contributed by atoms with Crippen molar-refractivity contribution < 1.29 is 4.79 Å². The molecule has 0 saturated carbocycles. The summed E-state index contributed by atoms with van der Waals surface area (Å²) in [5.41, 5.74) is 5.49. The van der Waals surface area contributed by atoms with Gasteiger partial charge in [-0.15, -0.1) is 0 Å². The summed E-state index contributed by atoms with van der Waals surface area (Å²) >= 11 is 0. The van der Waals surface area contributed by atoms with Gasteiger partial charge in [0.1, 0.15) is 0 Å². The summed E-state index contributed by atoms with van der Waals surface area (Å²) in [4.78, 5) is 13.4. The van der Waals surface area contributed by atoms with Crippen molar-refractivity contribution in [1.82, 2.24) is 4.90 Å². The largest absolute Gasteiger partial charge is 0.346 e. The number of carbonyl (C=O) groups excluding carboxylic acids is 1. The summed E-state index contributed by atoms with van der Waals surface area (Å²) in [7, 11) is 1.85. The Balaban J connectivity index is 3.99. The van der Waals surface area contributed by atoms with Crippen LogP contribution in [0.25, 0.3) is 0 Å². The summed E-state index contributed by atoms with van der Waals surface area (Å²) < 4.78 is 0. The highest BCUT2D eigenvalue weighted by Gasteiger charge is 2.21. The zero-order valence-corrected chi connectivity index (χ0v) is 9.26. The van der Waals surface area contributed by atoms with Crippen LogP contribution in [0.4, 0.5) is 0 Å². The molecule has 0 aromatic heterocycles. The van der Waals surface area contributed by atoms with E-state index in [9.17, 15) is 4.79 Å². The van der Waals surface area contributed by atoms with Crippen molar-refractivity contribution in [3.05, 3.63) is 0 Å². The average molecular weight is 186 g/mol. The maximum Gasteiger partial charge on any atom is 0.222 e. The van der Waals surface area contributed by atoms with Crippen LogP contribution in [0.3, 0.4) is 0 Å². The molecule has 1 amide bonds. The van der Waals surface area contributed by atoms with Gasteiger partial charge in [-0.05, 0) is 18.4 Å². The summed E-state index contributed by atoms with van der Waals surface area (Å²) in [6, 6.07) is 0. The smallest absolute Gasteiger partial charge is 0.222 e. The molecule has 0 radical (unpaired) electrons. The number of nitrogens with zero attached hydrogens (tertiary/aromatic N) is 1. The van der Waals surface area contributed by atoms with E-state index in [0.29, 0.717) is 13.0 Å². The number of hydrogen-bond acceptors (Lipinski definition) is 2. The Bertz CT molecular complexity index is 166. The van der Waals surface area contributed by atoms with E-state index in [0.717, 1.165) is 13.0 Å². The van der Waals surface area contributed by atoms with Crippen LogP contribution in [0.2, 0.25) is 0 Å². The highest BCUT2D eigenvalue weighted by atomic mass is 16.2. The van der Waals surface area contributed by atoms with Crippen molar-refractivity contribution in [3.8, 4) is 0 Å². The summed E-state index contributed by atoms with van der Waals surface area (Å²) in [6.45, 7) is 7.49. The van der Waals surface area contributed by atoms with Crippen LogP contribution in [0.5, 0.6) is 0 Å². The monoisotopic (exact) mass is 186 g/mol. The third-order valence-corrected chi connectivity index (χ3v) is 2.17. The van der Waals surface area contributed by atoms with Crippen molar-refractivity contribution in [2.45, 2.75) is 33.6 Å². The Morgan fingerprint density at radius 1 is 1.46 bits per heavy atom. The van der Waals surface area contributed by atoms with Gasteiger partial charge in [-0.1, -0.05) is 20.8 Å². The van der Waals surface area contributed by atoms with E-state index in [-0.39, 0.29) is 11.3 Å². The molecule has 3 heteroatoms. The van der Waals surface area contributed by atoms with Crippen molar-refractivity contribution >= 4 is 5.91 Å². The fourth-order valence-corrected chi connectivity index (χ4v) is 1.08. The summed E-state index contributed by atoms with van der Waals surface area (Å²) in [5.74, 6) is 0.192. The Morgan fingerprint density at radius 3 is 2.38 bits per heavy atom. The lowest BCUT2D eigenvalue weighted by Crippen LogP contribution is -2.34. The lowest BCUT2D eigenvalue weighted by molar-refractivity contribution is -0.131. The second kappa shape index (κ2) is 5.22. The predicted molar refractivity (Wildman–Crippen MR) is 55.4 cm³/mol. The van der Waals surface area contributed by atoms with Crippen LogP contribution < -0.4 is 5.73 Å². The van der Waals surface area contributed by atoms with E-state index in [4.69, 9.17) is 5.73 Å². The number of nitrogens with two attached hydrogens (primary N) is 1. The third kappa shape index (κ3) is 4.88. The van der Waals surface area contributed by atoms with Gasteiger partial charge >= 0.3 is 0 Å².